The fourth-order valence-electron chi connectivity index (χ4n) is 1.33. The first kappa shape index (κ1) is 12.0. The van der Waals surface area contributed by atoms with Gasteiger partial charge < -0.3 is 10.3 Å². The molecular weight excluding hydrogens is 261 g/mol. The number of nitrogens with one attached hydrogen (secondary N) is 2. The van der Waals surface area contributed by atoms with Gasteiger partial charge in [-0.3, -0.25) is 4.79 Å². The van der Waals surface area contributed by atoms with Crippen molar-refractivity contribution in [2.45, 2.75) is 6.92 Å². The monoisotopic (exact) mass is 269 g/mol. The van der Waals surface area contributed by atoms with Crippen LogP contribution in [-0.2, 0) is 0 Å². The van der Waals surface area contributed by atoms with E-state index < -0.39 is 0 Å². The Balaban J connectivity index is 2.41. The molecule has 4 nitrogen and oxygen atoms in total. The SMILES string of the molecule is Cc1ccc(Cl)cc1Nc1nc[nH]c(=O)c1Cl. The van der Waals surface area contributed by atoms with Crippen molar-refractivity contribution < 1.29 is 0 Å². The fourth-order valence-corrected chi connectivity index (χ4v) is 1.65. The van der Waals surface area contributed by atoms with E-state index in [0.717, 1.165) is 11.3 Å². The molecule has 0 aliphatic rings. The van der Waals surface area contributed by atoms with Gasteiger partial charge in [0.05, 0.1) is 6.33 Å². The van der Waals surface area contributed by atoms with E-state index in [2.05, 4.69) is 15.3 Å². The molecule has 0 aliphatic heterocycles. The summed E-state index contributed by atoms with van der Waals surface area (Å²) in [6.07, 6.45) is 1.29. The van der Waals surface area contributed by atoms with Crippen LogP contribution in [0.25, 0.3) is 0 Å². The van der Waals surface area contributed by atoms with Crippen molar-refractivity contribution in [3.8, 4) is 0 Å². The van der Waals surface area contributed by atoms with Crippen molar-refractivity contribution in [3.63, 3.8) is 0 Å². The molecule has 1 aromatic carbocycles. The van der Waals surface area contributed by atoms with E-state index in [0.29, 0.717) is 10.8 Å². The van der Waals surface area contributed by atoms with Gasteiger partial charge in [0.1, 0.15) is 5.02 Å². The van der Waals surface area contributed by atoms with Crippen molar-refractivity contribution in [2.24, 2.45) is 0 Å². The number of hydrogen-bond donors (Lipinski definition) is 2. The van der Waals surface area contributed by atoms with Crippen molar-refractivity contribution in [2.75, 3.05) is 5.32 Å². The molecule has 0 saturated carbocycles. The van der Waals surface area contributed by atoms with Crippen LogP contribution in [0.2, 0.25) is 10.0 Å². The number of benzene rings is 1. The van der Waals surface area contributed by atoms with Gasteiger partial charge in [0.15, 0.2) is 5.82 Å². The van der Waals surface area contributed by atoms with Crippen LogP contribution in [-0.4, -0.2) is 9.97 Å². The lowest BCUT2D eigenvalue weighted by Gasteiger charge is -2.09. The van der Waals surface area contributed by atoms with E-state index in [4.69, 9.17) is 23.2 Å². The van der Waals surface area contributed by atoms with Crippen LogP contribution in [0.1, 0.15) is 5.56 Å². The first-order valence-corrected chi connectivity index (χ1v) is 5.60. The van der Waals surface area contributed by atoms with Gasteiger partial charge in [-0.1, -0.05) is 29.3 Å². The van der Waals surface area contributed by atoms with Crippen LogP contribution in [0.4, 0.5) is 11.5 Å². The number of aryl methyl sites for hydroxylation is 1. The Hall–Kier alpha value is -1.52. The van der Waals surface area contributed by atoms with Crippen LogP contribution >= 0.6 is 23.2 Å². The normalized spacial score (nSPS) is 10.3. The van der Waals surface area contributed by atoms with Crippen molar-refractivity contribution in [1.29, 1.82) is 0 Å². The second-order valence-corrected chi connectivity index (χ2v) is 4.29. The Kier molecular flexibility index (Phi) is 3.36. The molecule has 0 bridgehead atoms. The standard InChI is InChI=1S/C11H9Cl2N3O/c1-6-2-3-7(12)4-8(6)16-10-9(13)11(17)15-5-14-10/h2-5H,1H3,(H2,14,15,16,17). The summed E-state index contributed by atoms with van der Waals surface area (Å²) in [4.78, 5) is 17.6. The highest BCUT2D eigenvalue weighted by atomic mass is 35.5. The average molecular weight is 270 g/mol. The third-order valence-electron chi connectivity index (χ3n) is 2.25. The molecule has 0 aliphatic carbocycles. The molecule has 2 N–H and O–H groups in total. The van der Waals surface area contributed by atoms with Crippen molar-refractivity contribution in [1.82, 2.24) is 9.97 Å². The molecule has 6 heteroatoms. The average Bonchev–Trinajstić information content (AvgIpc) is 2.30. The molecule has 0 atom stereocenters. The Morgan fingerprint density at radius 2 is 2.12 bits per heavy atom. The van der Waals surface area contributed by atoms with Crippen molar-refractivity contribution in [3.05, 3.63) is 50.5 Å². The maximum atomic E-state index is 11.3. The molecule has 1 heterocycles. The van der Waals surface area contributed by atoms with E-state index in [1.54, 1.807) is 12.1 Å². The van der Waals surface area contributed by atoms with Gasteiger partial charge in [-0.15, -0.1) is 0 Å². The number of anilines is 2. The number of aromatic nitrogens is 2. The number of halogens is 2. The zero-order valence-corrected chi connectivity index (χ0v) is 10.4. The summed E-state index contributed by atoms with van der Waals surface area (Å²) < 4.78 is 0. The van der Waals surface area contributed by atoms with Gasteiger partial charge in [-0.05, 0) is 24.6 Å². The summed E-state index contributed by atoms with van der Waals surface area (Å²) >= 11 is 11.7. The topological polar surface area (TPSA) is 57.8 Å². The predicted octanol–water partition coefficient (Wildman–Crippen LogP) is 3.13. The van der Waals surface area contributed by atoms with Crippen molar-refractivity contribution >= 4 is 34.7 Å². The molecule has 1 aromatic heterocycles. The molecule has 0 spiro atoms. The molecule has 0 fully saturated rings. The first-order valence-electron chi connectivity index (χ1n) is 4.84. The lowest BCUT2D eigenvalue weighted by molar-refractivity contribution is 1.12. The van der Waals surface area contributed by atoms with E-state index in [-0.39, 0.29) is 10.6 Å². The molecule has 2 aromatic rings. The second-order valence-electron chi connectivity index (χ2n) is 3.48. The zero-order chi connectivity index (χ0) is 12.4. The van der Waals surface area contributed by atoms with Crippen LogP contribution in [0.15, 0.2) is 29.3 Å². The Labute approximate surface area is 108 Å². The number of rotatable bonds is 2. The van der Waals surface area contributed by atoms with Gasteiger partial charge in [0.25, 0.3) is 5.56 Å². The highest BCUT2D eigenvalue weighted by Gasteiger charge is 2.07. The number of aromatic amines is 1. The largest absolute Gasteiger partial charge is 0.339 e. The Morgan fingerprint density at radius 3 is 2.88 bits per heavy atom. The predicted molar refractivity (Wildman–Crippen MR) is 69.3 cm³/mol. The summed E-state index contributed by atoms with van der Waals surface area (Å²) in [6, 6.07) is 5.40. The molecule has 0 radical (unpaired) electrons. The molecule has 88 valence electrons. The number of H-pyrrole nitrogens is 1. The first-order chi connectivity index (χ1) is 8.08. The van der Waals surface area contributed by atoms with Crippen LogP contribution in [0.5, 0.6) is 0 Å². The van der Waals surface area contributed by atoms with E-state index in [9.17, 15) is 4.79 Å². The smallest absolute Gasteiger partial charge is 0.271 e. The Bertz CT molecular complexity index is 610. The molecule has 17 heavy (non-hydrogen) atoms. The lowest BCUT2D eigenvalue weighted by atomic mass is 10.2. The maximum Gasteiger partial charge on any atom is 0.271 e. The second kappa shape index (κ2) is 4.77. The van der Waals surface area contributed by atoms with Gasteiger partial charge >= 0.3 is 0 Å². The molecular formula is C11H9Cl2N3O. The Morgan fingerprint density at radius 1 is 1.35 bits per heavy atom. The summed E-state index contributed by atoms with van der Waals surface area (Å²) in [5.74, 6) is 0.306. The molecule has 0 amide bonds. The maximum absolute atomic E-state index is 11.3. The van der Waals surface area contributed by atoms with E-state index in [1.807, 2.05) is 13.0 Å². The molecule has 2 rings (SSSR count). The molecule has 0 saturated heterocycles. The molecule has 0 unspecified atom stereocenters. The van der Waals surface area contributed by atoms with Crippen LogP contribution < -0.4 is 10.9 Å². The van der Waals surface area contributed by atoms with Crippen LogP contribution in [0, 0.1) is 6.92 Å². The van der Waals surface area contributed by atoms with Gasteiger partial charge in [-0.2, -0.15) is 0 Å². The highest BCUT2D eigenvalue weighted by molar-refractivity contribution is 6.33. The summed E-state index contributed by atoms with van der Waals surface area (Å²) in [7, 11) is 0. The number of hydrogen-bond acceptors (Lipinski definition) is 3. The van der Waals surface area contributed by atoms with E-state index >= 15 is 0 Å². The number of nitrogens with zero attached hydrogens (tertiary/aromatic N) is 1. The summed E-state index contributed by atoms with van der Waals surface area (Å²) in [6.45, 7) is 1.92. The minimum absolute atomic E-state index is 0.0203. The minimum atomic E-state index is -0.385. The lowest BCUT2D eigenvalue weighted by Crippen LogP contribution is -2.09. The van der Waals surface area contributed by atoms with Crippen LogP contribution in [0.3, 0.4) is 0 Å². The van der Waals surface area contributed by atoms with Gasteiger partial charge in [0, 0.05) is 10.7 Å². The quantitative estimate of drug-likeness (QED) is 0.881. The van der Waals surface area contributed by atoms with Gasteiger partial charge in [-0.25, -0.2) is 4.98 Å². The van der Waals surface area contributed by atoms with E-state index in [1.165, 1.54) is 6.33 Å². The zero-order valence-electron chi connectivity index (χ0n) is 8.92. The highest BCUT2D eigenvalue weighted by Crippen LogP contribution is 2.25. The summed E-state index contributed by atoms with van der Waals surface area (Å²) in [5, 5.41) is 3.59. The minimum Gasteiger partial charge on any atom is -0.339 e. The third kappa shape index (κ3) is 2.60. The fraction of sp³-hybridized carbons (Fsp3) is 0.0909. The summed E-state index contributed by atoms with van der Waals surface area (Å²) in [5.41, 5.74) is 1.36. The van der Waals surface area contributed by atoms with Gasteiger partial charge in [0.2, 0.25) is 0 Å². The third-order valence-corrected chi connectivity index (χ3v) is 2.83.